The number of rotatable bonds is 2. The molecule has 1 unspecified atom stereocenters. The van der Waals surface area contributed by atoms with Gasteiger partial charge in [-0.15, -0.1) is 0 Å². The number of allylic oxidation sites excluding steroid dienone is 2. The van der Waals surface area contributed by atoms with Gasteiger partial charge >= 0.3 is 5.97 Å². The van der Waals surface area contributed by atoms with Gasteiger partial charge in [0.15, 0.2) is 0 Å². The molecule has 24 heavy (non-hydrogen) atoms. The quantitative estimate of drug-likeness (QED) is 0.463. The van der Waals surface area contributed by atoms with E-state index < -0.39 is 17.7 Å². The van der Waals surface area contributed by atoms with Crippen LogP contribution in [0.3, 0.4) is 0 Å². The van der Waals surface area contributed by atoms with Crippen LogP contribution in [-0.4, -0.2) is 34.5 Å². The molecule has 1 heterocycles. The summed E-state index contributed by atoms with van der Waals surface area (Å²) in [5.41, 5.74) is 1.11. The van der Waals surface area contributed by atoms with Crippen molar-refractivity contribution in [2.75, 3.05) is 6.61 Å². The summed E-state index contributed by atoms with van der Waals surface area (Å²) in [4.78, 5) is 11.7. The van der Waals surface area contributed by atoms with Crippen LogP contribution in [0.4, 0.5) is 0 Å². The molecule has 134 valence electrons. The van der Waals surface area contributed by atoms with Crippen LogP contribution >= 0.6 is 0 Å². The van der Waals surface area contributed by atoms with Gasteiger partial charge in [0.05, 0.1) is 11.2 Å². The van der Waals surface area contributed by atoms with E-state index in [0.29, 0.717) is 17.9 Å². The lowest BCUT2D eigenvalue weighted by molar-refractivity contribution is -0.135. The molecule has 2 saturated carbocycles. The molecule has 0 aromatic heterocycles. The van der Waals surface area contributed by atoms with E-state index >= 15 is 0 Å². The Kier molecular flexibility index (Phi) is 4.42. The highest BCUT2D eigenvalue weighted by molar-refractivity contribution is 5.91. The van der Waals surface area contributed by atoms with E-state index in [1.807, 2.05) is 13.0 Å². The van der Waals surface area contributed by atoms with Crippen molar-refractivity contribution in [2.45, 2.75) is 64.6 Å². The number of carbonyl (C=O) groups excluding carboxylic acids is 1. The summed E-state index contributed by atoms with van der Waals surface area (Å²) in [7, 11) is 0. The highest BCUT2D eigenvalue weighted by Gasteiger charge is 2.54. The van der Waals surface area contributed by atoms with E-state index in [1.165, 1.54) is 5.57 Å². The number of hydrogen-bond donors (Lipinski definition) is 2. The summed E-state index contributed by atoms with van der Waals surface area (Å²) in [5, 5.41) is 20.6. The zero-order chi connectivity index (χ0) is 17.7. The van der Waals surface area contributed by atoms with Gasteiger partial charge in [-0.2, -0.15) is 0 Å². The minimum absolute atomic E-state index is 0.0655. The molecule has 1 aliphatic heterocycles. The summed E-state index contributed by atoms with van der Waals surface area (Å²) in [6, 6.07) is 0. The Morgan fingerprint density at radius 1 is 1.38 bits per heavy atom. The summed E-state index contributed by atoms with van der Waals surface area (Å²) >= 11 is 0. The van der Waals surface area contributed by atoms with Crippen LogP contribution in [0, 0.1) is 23.2 Å². The SMILES string of the molecule is C=C1CC[C@@H]2[C@@H](C)[C@](C)(O)CC[C@@]2(C)[C@@H]1CC=C1C(=O)OCC1O. The Labute approximate surface area is 144 Å². The second-order valence-corrected chi connectivity index (χ2v) is 8.52. The van der Waals surface area contributed by atoms with Crippen LogP contribution in [0.15, 0.2) is 23.8 Å². The zero-order valence-electron chi connectivity index (χ0n) is 15.0. The maximum absolute atomic E-state index is 11.7. The molecular weight excluding hydrogens is 304 g/mol. The van der Waals surface area contributed by atoms with Crippen LogP contribution in [0.2, 0.25) is 0 Å². The Bertz CT molecular complexity index is 576. The van der Waals surface area contributed by atoms with Gasteiger partial charge < -0.3 is 14.9 Å². The molecule has 0 spiro atoms. The lowest BCUT2D eigenvalue weighted by Gasteiger charge is -2.57. The topological polar surface area (TPSA) is 66.8 Å². The Morgan fingerprint density at radius 3 is 2.71 bits per heavy atom. The molecule has 3 aliphatic rings. The van der Waals surface area contributed by atoms with Gasteiger partial charge in [-0.1, -0.05) is 32.1 Å². The highest BCUT2D eigenvalue weighted by Crippen LogP contribution is 2.59. The number of carbonyl (C=O) groups is 1. The maximum atomic E-state index is 11.7. The van der Waals surface area contributed by atoms with Gasteiger partial charge in [-0.25, -0.2) is 4.79 Å². The van der Waals surface area contributed by atoms with Gasteiger partial charge in [0.1, 0.15) is 12.7 Å². The minimum atomic E-state index is -0.802. The monoisotopic (exact) mass is 334 g/mol. The first-order valence-corrected chi connectivity index (χ1v) is 9.12. The molecule has 0 bridgehead atoms. The van der Waals surface area contributed by atoms with Crippen LogP contribution in [-0.2, 0) is 9.53 Å². The summed E-state index contributed by atoms with van der Waals surface area (Å²) in [5.74, 6) is 0.589. The Morgan fingerprint density at radius 2 is 2.08 bits per heavy atom. The van der Waals surface area contributed by atoms with Crippen molar-refractivity contribution in [3.63, 3.8) is 0 Å². The fourth-order valence-electron chi connectivity index (χ4n) is 5.30. The van der Waals surface area contributed by atoms with Crippen molar-refractivity contribution in [3.05, 3.63) is 23.8 Å². The first kappa shape index (κ1) is 17.7. The number of cyclic esters (lactones) is 1. The summed E-state index contributed by atoms with van der Waals surface area (Å²) < 4.78 is 4.91. The maximum Gasteiger partial charge on any atom is 0.336 e. The van der Waals surface area contributed by atoms with E-state index in [-0.39, 0.29) is 23.9 Å². The van der Waals surface area contributed by atoms with Crippen molar-refractivity contribution in [2.24, 2.45) is 23.2 Å². The molecule has 0 aromatic rings. The van der Waals surface area contributed by atoms with Gasteiger partial charge in [-0.05, 0) is 62.2 Å². The fraction of sp³-hybridized carbons (Fsp3) is 0.750. The smallest absolute Gasteiger partial charge is 0.336 e. The third-order valence-corrected chi connectivity index (χ3v) is 7.21. The molecule has 6 atom stereocenters. The fourth-order valence-corrected chi connectivity index (χ4v) is 5.30. The summed E-state index contributed by atoms with van der Waals surface area (Å²) in [6.45, 7) is 10.8. The predicted molar refractivity (Wildman–Crippen MR) is 92.1 cm³/mol. The van der Waals surface area contributed by atoms with Crippen LogP contribution < -0.4 is 0 Å². The molecule has 0 radical (unpaired) electrons. The molecular formula is C20H30O4. The van der Waals surface area contributed by atoms with E-state index in [4.69, 9.17) is 4.74 Å². The molecule has 4 heteroatoms. The summed E-state index contributed by atoms with van der Waals surface area (Å²) in [6.07, 6.45) is 5.58. The molecule has 4 nitrogen and oxygen atoms in total. The second-order valence-electron chi connectivity index (χ2n) is 8.52. The zero-order valence-corrected chi connectivity index (χ0v) is 15.0. The lowest BCUT2D eigenvalue weighted by Crippen LogP contribution is -2.54. The third kappa shape index (κ3) is 2.74. The standard InChI is InChI=1S/C20H30O4/c1-12-5-7-16-13(2)20(4,23)10-9-19(16,3)15(12)8-6-14-17(21)11-24-18(14)22/h6,13,15-17,21,23H,1,5,7-11H2,2-4H3/t13-,15-,16-,17?,19+,20-/m1/s1. The van der Waals surface area contributed by atoms with Crippen molar-refractivity contribution in [3.8, 4) is 0 Å². The van der Waals surface area contributed by atoms with E-state index in [1.54, 1.807) is 0 Å². The van der Waals surface area contributed by atoms with Gasteiger partial charge in [-0.3, -0.25) is 0 Å². The van der Waals surface area contributed by atoms with Crippen molar-refractivity contribution in [1.82, 2.24) is 0 Å². The van der Waals surface area contributed by atoms with Gasteiger partial charge in [0.2, 0.25) is 0 Å². The molecule has 0 aromatic carbocycles. The first-order chi connectivity index (χ1) is 11.2. The van der Waals surface area contributed by atoms with E-state index in [0.717, 1.165) is 25.7 Å². The van der Waals surface area contributed by atoms with Crippen molar-refractivity contribution >= 4 is 5.97 Å². The largest absolute Gasteiger partial charge is 0.459 e. The lowest BCUT2D eigenvalue weighted by atomic mass is 9.48. The van der Waals surface area contributed by atoms with Gasteiger partial charge in [0, 0.05) is 0 Å². The molecule has 3 fully saturated rings. The molecule has 1 saturated heterocycles. The van der Waals surface area contributed by atoms with Gasteiger partial charge in [0.25, 0.3) is 0 Å². The third-order valence-electron chi connectivity index (χ3n) is 7.21. The van der Waals surface area contributed by atoms with E-state index in [2.05, 4.69) is 20.4 Å². The minimum Gasteiger partial charge on any atom is -0.459 e. The normalized spacial score (nSPS) is 47.6. The average Bonchev–Trinajstić information content (AvgIpc) is 2.83. The molecule has 0 amide bonds. The number of ether oxygens (including phenoxy) is 1. The second kappa shape index (κ2) is 5.99. The van der Waals surface area contributed by atoms with Crippen LogP contribution in [0.25, 0.3) is 0 Å². The Balaban J connectivity index is 1.85. The first-order valence-electron chi connectivity index (χ1n) is 9.12. The predicted octanol–water partition coefficient (Wildman–Crippen LogP) is 2.99. The van der Waals surface area contributed by atoms with Crippen LogP contribution in [0.1, 0.15) is 52.9 Å². The molecule has 3 rings (SSSR count). The number of hydrogen-bond acceptors (Lipinski definition) is 4. The van der Waals surface area contributed by atoms with E-state index in [9.17, 15) is 15.0 Å². The highest BCUT2D eigenvalue weighted by atomic mass is 16.6. The van der Waals surface area contributed by atoms with Crippen LogP contribution in [0.5, 0.6) is 0 Å². The van der Waals surface area contributed by atoms with Crippen molar-refractivity contribution < 1.29 is 19.7 Å². The average molecular weight is 334 g/mol. The molecule has 2 N–H and O–H groups in total. The number of fused-ring (bicyclic) bond motifs is 1. The van der Waals surface area contributed by atoms with Crippen molar-refractivity contribution in [1.29, 1.82) is 0 Å². The molecule has 2 aliphatic carbocycles. The number of esters is 1. The number of aliphatic hydroxyl groups excluding tert-OH is 1. The number of aliphatic hydroxyl groups is 2. The Hall–Kier alpha value is -1.13.